The SMILES string of the molecule is CCc1cc(S)cc2cc(N)c(C)c(CC)c12. The topological polar surface area (TPSA) is 26.0 Å². The van der Waals surface area contributed by atoms with Crippen molar-refractivity contribution < 1.29 is 0 Å². The maximum Gasteiger partial charge on any atom is 0.0352 e. The van der Waals surface area contributed by atoms with E-state index in [2.05, 4.69) is 51.6 Å². The largest absolute Gasteiger partial charge is 0.398 e. The molecule has 0 unspecified atom stereocenters. The summed E-state index contributed by atoms with van der Waals surface area (Å²) < 4.78 is 0. The molecule has 2 rings (SSSR count). The molecule has 0 saturated carbocycles. The summed E-state index contributed by atoms with van der Waals surface area (Å²) in [5.41, 5.74) is 10.9. The van der Waals surface area contributed by atoms with E-state index in [1.165, 1.54) is 27.5 Å². The molecule has 90 valence electrons. The van der Waals surface area contributed by atoms with Crippen LogP contribution in [0.4, 0.5) is 5.69 Å². The van der Waals surface area contributed by atoms with E-state index in [1.54, 1.807) is 0 Å². The molecule has 0 atom stereocenters. The lowest BCUT2D eigenvalue weighted by molar-refractivity contribution is 1.10. The van der Waals surface area contributed by atoms with E-state index in [4.69, 9.17) is 5.73 Å². The molecule has 0 heterocycles. The highest BCUT2D eigenvalue weighted by atomic mass is 32.1. The van der Waals surface area contributed by atoms with Crippen LogP contribution in [0.25, 0.3) is 10.8 Å². The highest BCUT2D eigenvalue weighted by Crippen LogP contribution is 2.32. The normalized spacial score (nSPS) is 11.1. The molecule has 0 aliphatic rings. The molecule has 1 nitrogen and oxygen atoms in total. The number of anilines is 1. The fourth-order valence-electron chi connectivity index (χ4n) is 2.55. The van der Waals surface area contributed by atoms with Crippen molar-refractivity contribution in [2.24, 2.45) is 0 Å². The summed E-state index contributed by atoms with van der Waals surface area (Å²) in [5, 5.41) is 2.59. The summed E-state index contributed by atoms with van der Waals surface area (Å²) in [6, 6.07) is 6.34. The molecule has 17 heavy (non-hydrogen) atoms. The van der Waals surface area contributed by atoms with Crippen molar-refractivity contribution >= 4 is 29.1 Å². The molecule has 0 aliphatic heterocycles. The number of nitrogens with two attached hydrogens (primary N) is 1. The van der Waals surface area contributed by atoms with Gasteiger partial charge in [-0.15, -0.1) is 12.6 Å². The van der Waals surface area contributed by atoms with Crippen LogP contribution in [0, 0.1) is 6.92 Å². The molecule has 0 aliphatic carbocycles. The predicted molar refractivity (Wildman–Crippen MR) is 79.1 cm³/mol. The maximum absolute atomic E-state index is 6.08. The fraction of sp³-hybridized carbons (Fsp3) is 0.333. The Bertz CT molecular complexity index is 573. The molecular formula is C15H19NS. The second kappa shape index (κ2) is 4.61. The first kappa shape index (κ1) is 12.3. The zero-order valence-corrected chi connectivity index (χ0v) is 11.6. The molecule has 2 N–H and O–H groups in total. The van der Waals surface area contributed by atoms with Gasteiger partial charge >= 0.3 is 0 Å². The van der Waals surface area contributed by atoms with E-state index in [1.807, 2.05) is 0 Å². The average Bonchev–Trinajstić information content (AvgIpc) is 2.30. The Morgan fingerprint density at radius 3 is 2.41 bits per heavy atom. The molecule has 0 bridgehead atoms. The van der Waals surface area contributed by atoms with Gasteiger partial charge in [-0.1, -0.05) is 13.8 Å². The van der Waals surface area contributed by atoms with Crippen LogP contribution in [0.5, 0.6) is 0 Å². The molecule has 0 fully saturated rings. The van der Waals surface area contributed by atoms with Crippen molar-refractivity contribution in [3.8, 4) is 0 Å². The summed E-state index contributed by atoms with van der Waals surface area (Å²) in [6.07, 6.45) is 2.05. The lowest BCUT2D eigenvalue weighted by Gasteiger charge is -2.15. The molecule has 2 heteroatoms. The van der Waals surface area contributed by atoms with Crippen LogP contribution in [-0.4, -0.2) is 0 Å². The summed E-state index contributed by atoms with van der Waals surface area (Å²) in [7, 11) is 0. The molecule has 2 aromatic rings. The van der Waals surface area contributed by atoms with Gasteiger partial charge in [0.15, 0.2) is 0 Å². The van der Waals surface area contributed by atoms with Crippen molar-refractivity contribution in [2.45, 2.75) is 38.5 Å². The summed E-state index contributed by atoms with van der Waals surface area (Å²) in [6.45, 7) is 6.49. The average molecular weight is 245 g/mol. The molecule has 0 aromatic heterocycles. The van der Waals surface area contributed by atoms with Gasteiger partial charge in [0.05, 0.1) is 0 Å². The van der Waals surface area contributed by atoms with Crippen LogP contribution in [-0.2, 0) is 12.8 Å². The van der Waals surface area contributed by atoms with E-state index in [0.29, 0.717) is 0 Å². The van der Waals surface area contributed by atoms with E-state index < -0.39 is 0 Å². The van der Waals surface area contributed by atoms with Crippen LogP contribution in [0.1, 0.15) is 30.5 Å². The number of aryl methyl sites for hydroxylation is 2. The van der Waals surface area contributed by atoms with Crippen molar-refractivity contribution in [1.29, 1.82) is 0 Å². The third-order valence-electron chi connectivity index (χ3n) is 3.47. The number of nitrogen functional groups attached to an aromatic ring is 1. The summed E-state index contributed by atoms with van der Waals surface area (Å²) >= 11 is 4.47. The predicted octanol–water partition coefficient (Wildman–Crippen LogP) is 4.14. The molecule has 0 radical (unpaired) electrons. The third-order valence-corrected chi connectivity index (χ3v) is 3.73. The molecule has 0 amide bonds. The second-order valence-corrected chi connectivity index (χ2v) is 5.00. The van der Waals surface area contributed by atoms with Crippen molar-refractivity contribution in [1.82, 2.24) is 0 Å². The number of fused-ring (bicyclic) bond motifs is 1. The first-order valence-corrected chi connectivity index (χ1v) is 6.56. The summed E-state index contributed by atoms with van der Waals surface area (Å²) in [5.74, 6) is 0. The zero-order chi connectivity index (χ0) is 12.6. The Morgan fingerprint density at radius 1 is 1.12 bits per heavy atom. The van der Waals surface area contributed by atoms with Crippen molar-refractivity contribution in [3.63, 3.8) is 0 Å². The fourth-order valence-corrected chi connectivity index (χ4v) is 2.84. The first-order valence-electron chi connectivity index (χ1n) is 6.12. The van der Waals surface area contributed by atoms with Crippen LogP contribution in [0.15, 0.2) is 23.1 Å². The minimum Gasteiger partial charge on any atom is -0.398 e. The van der Waals surface area contributed by atoms with Gasteiger partial charge in [-0.3, -0.25) is 0 Å². The van der Waals surface area contributed by atoms with Crippen LogP contribution in [0.3, 0.4) is 0 Å². The van der Waals surface area contributed by atoms with Gasteiger partial charge in [0.2, 0.25) is 0 Å². The summed E-state index contributed by atoms with van der Waals surface area (Å²) in [4.78, 5) is 1.01. The van der Waals surface area contributed by atoms with E-state index >= 15 is 0 Å². The molecule has 0 saturated heterocycles. The number of hydrogen-bond donors (Lipinski definition) is 2. The second-order valence-electron chi connectivity index (χ2n) is 4.48. The lowest BCUT2D eigenvalue weighted by Crippen LogP contribution is -1.99. The molecular weight excluding hydrogens is 226 g/mol. The van der Waals surface area contributed by atoms with Gasteiger partial charge in [-0.2, -0.15) is 0 Å². The zero-order valence-electron chi connectivity index (χ0n) is 10.7. The Hall–Kier alpha value is -1.15. The lowest BCUT2D eigenvalue weighted by atomic mass is 9.92. The highest BCUT2D eigenvalue weighted by Gasteiger charge is 2.10. The third kappa shape index (κ3) is 2.02. The Labute approximate surface area is 108 Å². The van der Waals surface area contributed by atoms with Crippen LogP contribution >= 0.6 is 12.6 Å². The Morgan fingerprint density at radius 2 is 1.82 bits per heavy atom. The van der Waals surface area contributed by atoms with Gasteiger partial charge in [-0.05, 0) is 65.4 Å². The number of rotatable bonds is 2. The van der Waals surface area contributed by atoms with Crippen molar-refractivity contribution in [2.75, 3.05) is 5.73 Å². The van der Waals surface area contributed by atoms with Gasteiger partial charge in [0.25, 0.3) is 0 Å². The smallest absolute Gasteiger partial charge is 0.0352 e. The Kier molecular flexibility index (Phi) is 3.34. The van der Waals surface area contributed by atoms with Crippen molar-refractivity contribution in [3.05, 3.63) is 34.9 Å². The quantitative estimate of drug-likeness (QED) is 0.603. The van der Waals surface area contributed by atoms with Gasteiger partial charge < -0.3 is 5.73 Å². The van der Waals surface area contributed by atoms with Gasteiger partial charge in [0, 0.05) is 10.6 Å². The minimum atomic E-state index is 0.885. The van der Waals surface area contributed by atoms with Gasteiger partial charge in [-0.25, -0.2) is 0 Å². The van der Waals surface area contributed by atoms with E-state index in [9.17, 15) is 0 Å². The Balaban J connectivity index is 2.95. The maximum atomic E-state index is 6.08. The van der Waals surface area contributed by atoms with Crippen LogP contribution in [0.2, 0.25) is 0 Å². The minimum absolute atomic E-state index is 0.885. The number of benzene rings is 2. The highest BCUT2D eigenvalue weighted by molar-refractivity contribution is 7.80. The molecule has 0 spiro atoms. The van der Waals surface area contributed by atoms with Crippen LogP contribution < -0.4 is 5.73 Å². The van der Waals surface area contributed by atoms with E-state index in [0.717, 1.165) is 23.4 Å². The first-order chi connectivity index (χ1) is 8.08. The number of thiol groups is 1. The monoisotopic (exact) mass is 245 g/mol. The standard InChI is InChI=1S/C15H19NS/c1-4-10-6-12(17)7-11-8-14(16)9(3)13(5-2)15(10)11/h6-8,17H,4-5,16H2,1-3H3. The number of hydrogen-bond acceptors (Lipinski definition) is 2. The van der Waals surface area contributed by atoms with E-state index in [-0.39, 0.29) is 0 Å². The molecule has 2 aromatic carbocycles. The van der Waals surface area contributed by atoms with Gasteiger partial charge in [0.1, 0.15) is 0 Å².